The molecular weight excluding hydrogens is 576 g/mol. The molecule has 10 nitrogen and oxygen atoms in total. The summed E-state index contributed by atoms with van der Waals surface area (Å²) in [5, 5.41) is 0.531. The van der Waals surface area contributed by atoms with Crippen LogP contribution in [0.3, 0.4) is 0 Å². The number of carbonyl (C=O) groups excluding carboxylic acids is 2. The number of nitrogens with zero attached hydrogens (tertiary/aromatic N) is 4. The summed E-state index contributed by atoms with van der Waals surface area (Å²) in [6, 6.07) is 21.2. The van der Waals surface area contributed by atoms with E-state index in [1.54, 1.807) is 11.8 Å². The van der Waals surface area contributed by atoms with Gasteiger partial charge in [-0.25, -0.2) is 18.2 Å². The fraction of sp³-hybridized carbons (Fsp3) is 0.300. The normalized spacial score (nSPS) is 14.1. The first-order valence-corrected chi connectivity index (χ1v) is 16.0. The first-order chi connectivity index (χ1) is 20.3. The molecule has 5 rings (SSSR count). The van der Waals surface area contributed by atoms with Crippen LogP contribution in [0.4, 0.5) is 9.93 Å². The summed E-state index contributed by atoms with van der Waals surface area (Å²) in [4.78, 5) is 33.8. The second-order valence-electron chi connectivity index (χ2n) is 9.55. The van der Waals surface area contributed by atoms with Gasteiger partial charge in [0.15, 0.2) is 5.13 Å². The average Bonchev–Trinajstić information content (AvgIpc) is 3.44. The van der Waals surface area contributed by atoms with E-state index in [0.29, 0.717) is 23.8 Å². The second-order valence-corrected chi connectivity index (χ2v) is 12.5. The van der Waals surface area contributed by atoms with Gasteiger partial charge in [-0.1, -0.05) is 41.7 Å². The van der Waals surface area contributed by atoms with Crippen molar-refractivity contribution in [3.63, 3.8) is 0 Å². The fourth-order valence-corrected chi connectivity index (χ4v) is 7.07. The number of benzene rings is 3. The molecule has 1 aliphatic rings. The van der Waals surface area contributed by atoms with Gasteiger partial charge >= 0.3 is 6.09 Å². The maximum Gasteiger partial charge on any atom is 0.409 e. The molecule has 1 aromatic heterocycles. The Morgan fingerprint density at radius 1 is 0.929 bits per heavy atom. The SMILES string of the molecule is CCOC(=O)N1CCN(S(=O)(=O)c2ccc(C(=O)N(Cc3ccccc3)c3nc4ccc(OCC)cc4s3)cc2)CC1. The minimum absolute atomic E-state index is 0.0849. The molecule has 1 saturated heterocycles. The zero-order valence-corrected chi connectivity index (χ0v) is 25.1. The van der Waals surface area contributed by atoms with Crippen molar-refractivity contribution in [1.29, 1.82) is 0 Å². The topological polar surface area (TPSA) is 109 Å². The molecule has 2 amide bonds. The average molecular weight is 609 g/mol. The molecule has 4 aromatic rings. The van der Waals surface area contributed by atoms with Gasteiger partial charge in [-0.15, -0.1) is 0 Å². The van der Waals surface area contributed by atoms with Gasteiger partial charge in [0, 0.05) is 31.7 Å². The van der Waals surface area contributed by atoms with Gasteiger partial charge in [0.05, 0.1) is 34.9 Å². The molecule has 0 saturated carbocycles. The van der Waals surface area contributed by atoms with E-state index in [2.05, 4.69) is 0 Å². The molecule has 0 radical (unpaired) electrons. The number of thiazole rings is 1. The third-order valence-electron chi connectivity index (χ3n) is 6.82. The standard InChI is InChI=1S/C30H32N4O6S2/c1-3-39-24-12-15-26-27(20-24)41-29(31-26)34(21-22-8-6-5-7-9-22)28(35)23-10-13-25(14-11-23)42(37,38)33-18-16-32(17-19-33)30(36)40-4-2/h5-15,20H,3-4,16-19,21H2,1-2H3. The third-order valence-corrected chi connectivity index (χ3v) is 9.78. The van der Waals surface area contributed by atoms with Crippen molar-refractivity contribution in [2.75, 3.05) is 44.3 Å². The Morgan fingerprint density at radius 3 is 2.31 bits per heavy atom. The summed E-state index contributed by atoms with van der Waals surface area (Å²) in [6.45, 7) is 5.57. The van der Waals surface area contributed by atoms with Gasteiger partial charge in [0.25, 0.3) is 5.91 Å². The highest BCUT2D eigenvalue weighted by atomic mass is 32.2. The van der Waals surface area contributed by atoms with E-state index in [1.807, 2.05) is 55.5 Å². The van der Waals surface area contributed by atoms with Crippen molar-refractivity contribution in [2.45, 2.75) is 25.3 Å². The van der Waals surface area contributed by atoms with Crippen LogP contribution >= 0.6 is 11.3 Å². The molecule has 0 atom stereocenters. The number of sulfonamides is 1. The molecule has 0 unspecified atom stereocenters. The van der Waals surface area contributed by atoms with Gasteiger partial charge in [-0.3, -0.25) is 9.69 Å². The zero-order valence-electron chi connectivity index (χ0n) is 23.4. The van der Waals surface area contributed by atoms with Crippen LogP contribution in [0.2, 0.25) is 0 Å². The predicted octanol–water partition coefficient (Wildman–Crippen LogP) is 5.00. The molecule has 1 fully saturated rings. The summed E-state index contributed by atoms with van der Waals surface area (Å²) < 4.78 is 39.5. The van der Waals surface area contributed by atoms with Gasteiger partial charge in [0.1, 0.15) is 5.75 Å². The Labute approximate surface area is 249 Å². The maximum atomic E-state index is 13.9. The number of hydrogen-bond donors (Lipinski definition) is 0. The molecule has 3 aromatic carbocycles. The monoisotopic (exact) mass is 608 g/mol. The van der Waals surface area contributed by atoms with Gasteiger partial charge in [-0.2, -0.15) is 4.31 Å². The van der Waals surface area contributed by atoms with Crippen molar-refractivity contribution < 1.29 is 27.5 Å². The van der Waals surface area contributed by atoms with Crippen LogP contribution in [-0.2, 0) is 21.3 Å². The molecule has 2 heterocycles. The number of piperazine rings is 1. The smallest absolute Gasteiger partial charge is 0.409 e. The lowest BCUT2D eigenvalue weighted by Crippen LogP contribution is -2.50. The van der Waals surface area contributed by atoms with E-state index in [1.165, 1.54) is 44.8 Å². The first kappa shape index (κ1) is 29.5. The van der Waals surface area contributed by atoms with Crippen LogP contribution in [0, 0.1) is 0 Å². The van der Waals surface area contributed by atoms with Crippen LogP contribution in [0.1, 0.15) is 29.8 Å². The van der Waals surface area contributed by atoms with E-state index in [4.69, 9.17) is 14.5 Å². The number of fused-ring (bicyclic) bond motifs is 1. The summed E-state index contributed by atoms with van der Waals surface area (Å²) in [6.07, 6.45) is -0.444. The maximum absolute atomic E-state index is 13.9. The number of amides is 2. The summed E-state index contributed by atoms with van der Waals surface area (Å²) in [5.41, 5.74) is 2.03. The van der Waals surface area contributed by atoms with Crippen LogP contribution in [0.5, 0.6) is 5.75 Å². The van der Waals surface area contributed by atoms with Crippen molar-refractivity contribution in [3.8, 4) is 5.75 Å². The molecule has 42 heavy (non-hydrogen) atoms. The number of aromatic nitrogens is 1. The van der Waals surface area contributed by atoms with Crippen LogP contribution < -0.4 is 9.64 Å². The third kappa shape index (κ3) is 6.40. The van der Waals surface area contributed by atoms with Gasteiger partial charge in [-0.05, 0) is 61.9 Å². The molecule has 0 aliphatic carbocycles. The Bertz CT molecular complexity index is 1650. The minimum Gasteiger partial charge on any atom is -0.494 e. The highest BCUT2D eigenvalue weighted by Gasteiger charge is 2.31. The van der Waals surface area contributed by atoms with E-state index in [0.717, 1.165) is 21.5 Å². The largest absolute Gasteiger partial charge is 0.494 e. The van der Waals surface area contributed by atoms with Gasteiger partial charge < -0.3 is 14.4 Å². The molecule has 12 heteroatoms. The van der Waals surface area contributed by atoms with Crippen molar-refractivity contribution in [2.24, 2.45) is 0 Å². The highest BCUT2D eigenvalue weighted by Crippen LogP contribution is 2.33. The Balaban J connectivity index is 1.37. The Kier molecular flexibility index (Phi) is 9.05. The minimum atomic E-state index is -3.81. The van der Waals surface area contributed by atoms with Crippen LogP contribution in [0.25, 0.3) is 10.2 Å². The number of ether oxygens (including phenoxy) is 2. The van der Waals surface area contributed by atoms with Crippen molar-refractivity contribution in [1.82, 2.24) is 14.2 Å². The number of anilines is 1. The Hall–Kier alpha value is -4.00. The highest BCUT2D eigenvalue weighted by molar-refractivity contribution is 7.89. The molecule has 0 bridgehead atoms. The molecule has 1 aliphatic heterocycles. The second kappa shape index (κ2) is 12.9. The summed E-state index contributed by atoms with van der Waals surface area (Å²) >= 11 is 1.39. The number of carbonyl (C=O) groups is 2. The van der Waals surface area contributed by atoms with Crippen LogP contribution in [0.15, 0.2) is 77.7 Å². The fourth-order valence-electron chi connectivity index (χ4n) is 4.66. The molecular formula is C30H32N4O6S2. The molecule has 220 valence electrons. The molecule has 0 N–H and O–H groups in total. The molecule has 0 spiro atoms. The summed E-state index contributed by atoms with van der Waals surface area (Å²) in [7, 11) is -3.81. The van der Waals surface area contributed by atoms with E-state index < -0.39 is 16.1 Å². The Morgan fingerprint density at radius 2 is 1.64 bits per heavy atom. The lowest BCUT2D eigenvalue weighted by Gasteiger charge is -2.33. The number of rotatable bonds is 9. The lowest BCUT2D eigenvalue weighted by atomic mass is 10.1. The van der Waals surface area contributed by atoms with Gasteiger partial charge in [0.2, 0.25) is 10.0 Å². The van der Waals surface area contributed by atoms with E-state index in [9.17, 15) is 18.0 Å². The van der Waals surface area contributed by atoms with Crippen molar-refractivity contribution >= 4 is 48.7 Å². The zero-order chi connectivity index (χ0) is 29.7. The first-order valence-electron chi connectivity index (χ1n) is 13.7. The summed E-state index contributed by atoms with van der Waals surface area (Å²) in [5.74, 6) is 0.440. The lowest BCUT2D eigenvalue weighted by molar-refractivity contribution is 0.0933. The van der Waals surface area contributed by atoms with E-state index in [-0.39, 0.29) is 43.6 Å². The van der Waals surface area contributed by atoms with Crippen molar-refractivity contribution in [3.05, 3.63) is 83.9 Å². The van der Waals surface area contributed by atoms with Crippen LogP contribution in [-0.4, -0.2) is 74.0 Å². The quantitative estimate of drug-likeness (QED) is 0.263. The predicted molar refractivity (Wildman–Crippen MR) is 162 cm³/mol. The van der Waals surface area contributed by atoms with E-state index >= 15 is 0 Å². The number of hydrogen-bond acceptors (Lipinski definition) is 8.